The smallest absolute Gasteiger partial charge is 0.437 e. The quantitative estimate of drug-likeness (QED) is 0.663. The number of hydrogen-bond acceptors (Lipinski definition) is 4. The van der Waals surface area contributed by atoms with Crippen LogP contribution in [0.1, 0.15) is 12.8 Å². The van der Waals surface area contributed by atoms with Gasteiger partial charge in [-0.3, -0.25) is 4.79 Å². The van der Waals surface area contributed by atoms with E-state index in [0.29, 0.717) is 6.42 Å². The van der Waals surface area contributed by atoms with E-state index in [1.54, 1.807) is 6.92 Å². The predicted octanol–water partition coefficient (Wildman–Crippen LogP) is -0.517. The first kappa shape index (κ1) is 8.51. The molecule has 0 aliphatic carbocycles. The van der Waals surface area contributed by atoms with Crippen LogP contribution in [0.15, 0.2) is 9.21 Å². The summed E-state index contributed by atoms with van der Waals surface area (Å²) in [4.78, 5) is 21.0. The van der Waals surface area contributed by atoms with Crippen LogP contribution < -0.4 is 5.76 Å². The molecule has 0 aliphatic heterocycles. The lowest BCUT2D eigenvalue weighted by atomic mass is 10.5. The summed E-state index contributed by atoms with van der Waals surface area (Å²) in [6, 6.07) is 0. The van der Waals surface area contributed by atoms with Gasteiger partial charge in [0.05, 0.1) is 0 Å². The third-order valence-corrected chi connectivity index (χ3v) is 1.24. The molecule has 0 fully saturated rings. The Labute approximate surface area is 67.4 Å². The summed E-state index contributed by atoms with van der Waals surface area (Å²) in [7, 11) is 0. The maximum Gasteiger partial charge on any atom is 0.437 e. The minimum Gasteiger partial charge on any atom is -0.480 e. The normalized spacial score (nSPS) is 10.1. The van der Waals surface area contributed by atoms with Gasteiger partial charge in [-0.1, -0.05) is 6.92 Å². The second-order valence-corrected chi connectivity index (χ2v) is 2.17. The number of carboxylic acids is 1. The largest absolute Gasteiger partial charge is 0.480 e. The van der Waals surface area contributed by atoms with E-state index in [1.807, 2.05) is 0 Å². The molecular formula is C6H8N2O4. The zero-order valence-corrected chi connectivity index (χ0v) is 6.48. The zero-order valence-electron chi connectivity index (χ0n) is 6.48. The predicted molar refractivity (Wildman–Crippen MR) is 37.8 cm³/mol. The number of hydrogen-bond donors (Lipinski definition) is 1. The van der Waals surface area contributed by atoms with Crippen molar-refractivity contribution < 1.29 is 14.3 Å². The molecule has 1 aromatic heterocycles. The summed E-state index contributed by atoms with van der Waals surface area (Å²) in [6.07, 6.45) is 0.474. The van der Waals surface area contributed by atoms with Crippen molar-refractivity contribution in [2.75, 3.05) is 0 Å². The monoisotopic (exact) mass is 172 g/mol. The molecular weight excluding hydrogens is 164 g/mol. The molecule has 0 radical (unpaired) electrons. The van der Waals surface area contributed by atoms with E-state index in [4.69, 9.17) is 5.11 Å². The van der Waals surface area contributed by atoms with Crippen LogP contribution in [-0.2, 0) is 17.8 Å². The standard InChI is InChI=1S/C6H8N2O4/c1-2-4-7-8(3-5(9)10)6(11)12-4/h2-3H2,1H3,(H,9,10). The fourth-order valence-electron chi connectivity index (χ4n) is 0.720. The molecule has 0 saturated heterocycles. The Balaban J connectivity index is 2.92. The highest BCUT2D eigenvalue weighted by Crippen LogP contribution is 1.90. The summed E-state index contributed by atoms with van der Waals surface area (Å²) in [5, 5.41) is 12.0. The number of aryl methyl sites for hydroxylation is 1. The molecule has 0 aromatic carbocycles. The average Bonchev–Trinajstić information content (AvgIpc) is 2.31. The van der Waals surface area contributed by atoms with Gasteiger partial charge in [-0.15, -0.1) is 5.10 Å². The van der Waals surface area contributed by atoms with E-state index < -0.39 is 18.3 Å². The molecule has 0 saturated carbocycles. The molecule has 66 valence electrons. The Morgan fingerprint density at radius 3 is 2.83 bits per heavy atom. The second-order valence-electron chi connectivity index (χ2n) is 2.17. The maximum atomic E-state index is 10.8. The topological polar surface area (TPSA) is 85.3 Å². The molecule has 0 bridgehead atoms. The summed E-state index contributed by atoms with van der Waals surface area (Å²) < 4.78 is 5.38. The van der Waals surface area contributed by atoms with Gasteiger partial charge in [-0.2, -0.15) is 4.68 Å². The third-order valence-electron chi connectivity index (χ3n) is 1.24. The first-order valence-corrected chi connectivity index (χ1v) is 3.42. The summed E-state index contributed by atoms with van der Waals surface area (Å²) in [5.74, 6) is -1.59. The van der Waals surface area contributed by atoms with Crippen molar-refractivity contribution in [2.24, 2.45) is 0 Å². The van der Waals surface area contributed by atoms with Crippen molar-refractivity contribution in [1.29, 1.82) is 0 Å². The molecule has 0 amide bonds. The van der Waals surface area contributed by atoms with E-state index in [0.717, 1.165) is 4.68 Å². The number of rotatable bonds is 3. The van der Waals surface area contributed by atoms with Gasteiger partial charge < -0.3 is 9.52 Å². The lowest BCUT2D eigenvalue weighted by Gasteiger charge is -1.88. The molecule has 6 heteroatoms. The van der Waals surface area contributed by atoms with E-state index >= 15 is 0 Å². The van der Waals surface area contributed by atoms with Crippen LogP contribution in [0.5, 0.6) is 0 Å². The van der Waals surface area contributed by atoms with Gasteiger partial charge in [0.25, 0.3) is 0 Å². The van der Waals surface area contributed by atoms with Gasteiger partial charge in [-0.25, -0.2) is 4.79 Å². The van der Waals surface area contributed by atoms with Gasteiger partial charge in [0, 0.05) is 6.42 Å². The fraction of sp³-hybridized carbons (Fsp3) is 0.500. The molecule has 0 aliphatic rings. The van der Waals surface area contributed by atoms with Crippen LogP contribution in [0, 0.1) is 0 Å². The summed E-state index contributed by atoms with van der Waals surface area (Å²) in [6.45, 7) is 1.30. The number of aliphatic carboxylic acids is 1. The van der Waals surface area contributed by atoms with Gasteiger partial charge in [0.1, 0.15) is 6.54 Å². The van der Waals surface area contributed by atoms with E-state index in [9.17, 15) is 9.59 Å². The lowest BCUT2D eigenvalue weighted by Crippen LogP contribution is -2.20. The molecule has 0 spiro atoms. The average molecular weight is 172 g/mol. The van der Waals surface area contributed by atoms with Crippen molar-refractivity contribution in [1.82, 2.24) is 9.78 Å². The molecule has 0 atom stereocenters. The van der Waals surface area contributed by atoms with Crippen molar-refractivity contribution in [3.8, 4) is 0 Å². The molecule has 1 aromatic rings. The van der Waals surface area contributed by atoms with Gasteiger partial charge in [0.2, 0.25) is 5.89 Å². The number of carboxylic acid groups (broad SMARTS) is 1. The van der Waals surface area contributed by atoms with Crippen molar-refractivity contribution in [3.63, 3.8) is 0 Å². The highest BCUT2D eigenvalue weighted by atomic mass is 16.4. The van der Waals surface area contributed by atoms with Gasteiger partial charge in [0.15, 0.2) is 0 Å². The first-order valence-electron chi connectivity index (χ1n) is 3.42. The molecule has 1 N–H and O–H groups in total. The Hall–Kier alpha value is -1.59. The van der Waals surface area contributed by atoms with Gasteiger partial charge in [-0.05, 0) is 0 Å². The highest BCUT2D eigenvalue weighted by molar-refractivity contribution is 5.66. The van der Waals surface area contributed by atoms with E-state index in [2.05, 4.69) is 9.52 Å². The summed E-state index contributed by atoms with van der Waals surface area (Å²) in [5.41, 5.74) is 0. The fourth-order valence-corrected chi connectivity index (χ4v) is 0.720. The van der Waals surface area contributed by atoms with Crippen molar-refractivity contribution >= 4 is 5.97 Å². The maximum absolute atomic E-state index is 10.8. The zero-order chi connectivity index (χ0) is 9.14. The minimum atomic E-state index is -1.12. The Kier molecular flexibility index (Phi) is 2.27. The second kappa shape index (κ2) is 3.21. The van der Waals surface area contributed by atoms with Crippen LogP contribution in [0.25, 0.3) is 0 Å². The van der Waals surface area contributed by atoms with E-state index in [-0.39, 0.29) is 5.89 Å². The van der Waals surface area contributed by atoms with Crippen LogP contribution in [0.3, 0.4) is 0 Å². The number of nitrogens with zero attached hydrogens (tertiary/aromatic N) is 2. The molecule has 0 unspecified atom stereocenters. The SMILES string of the molecule is CCc1nn(CC(=O)O)c(=O)o1. The van der Waals surface area contributed by atoms with Crippen molar-refractivity contribution in [3.05, 3.63) is 16.4 Å². The Morgan fingerprint density at radius 2 is 2.42 bits per heavy atom. The number of aromatic nitrogens is 2. The molecule has 1 rings (SSSR count). The van der Waals surface area contributed by atoms with E-state index in [1.165, 1.54) is 0 Å². The number of carbonyl (C=O) groups is 1. The molecule has 6 nitrogen and oxygen atoms in total. The molecule has 12 heavy (non-hydrogen) atoms. The molecule has 1 heterocycles. The van der Waals surface area contributed by atoms with Crippen LogP contribution in [-0.4, -0.2) is 20.9 Å². The third kappa shape index (κ3) is 1.71. The van der Waals surface area contributed by atoms with Crippen molar-refractivity contribution in [2.45, 2.75) is 19.9 Å². The minimum absolute atomic E-state index is 0.251. The van der Waals surface area contributed by atoms with Crippen LogP contribution in [0.4, 0.5) is 0 Å². The highest BCUT2D eigenvalue weighted by Gasteiger charge is 2.08. The first-order chi connectivity index (χ1) is 5.63. The Bertz CT molecular complexity index is 338. The lowest BCUT2D eigenvalue weighted by molar-refractivity contribution is -0.138. The van der Waals surface area contributed by atoms with Gasteiger partial charge >= 0.3 is 11.7 Å². The van der Waals surface area contributed by atoms with Crippen LogP contribution in [0.2, 0.25) is 0 Å². The van der Waals surface area contributed by atoms with Crippen LogP contribution >= 0.6 is 0 Å². The summed E-state index contributed by atoms with van der Waals surface area (Å²) >= 11 is 0. The Morgan fingerprint density at radius 1 is 1.75 bits per heavy atom.